The Morgan fingerprint density at radius 1 is 1.42 bits per heavy atom. The largest absolute Gasteiger partial charge is 0.312 e. The fourth-order valence-electron chi connectivity index (χ4n) is 0.915. The summed E-state index contributed by atoms with van der Waals surface area (Å²) in [5.41, 5.74) is 6.08. The summed E-state index contributed by atoms with van der Waals surface area (Å²) in [5, 5.41) is 0. The highest BCUT2D eigenvalue weighted by Crippen LogP contribution is 2.21. The van der Waals surface area contributed by atoms with Crippen molar-refractivity contribution in [1.82, 2.24) is 0 Å². The molecule has 0 aliphatic heterocycles. The van der Waals surface area contributed by atoms with Crippen LogP contribution < -0.4 is 5.73 Å². The molecule has 0 heterocycles. The zero-order chi connectivity index (χ0) is 8.97. The Morgan fingerprint density at radius 3 is 2.42 bits per heavy atom. The van der Waals surface area contributed by atoms with Crippen LogP contribution in [0.25, 0.3) is 0 Å². The van der Waals surface area contributed by atoms with E-state index in [4.69, 9.17) is 17.3 Å². The highest BCUT2D eigenvalue weighted by atomic mass is 35.5. The Morgan fingerprint density at radius 2 is 2.00 bits per heavy atom. The minimum atomic E-state index is -0.384. The molecule has 1 rings (SSSR count). The quantitative estimate of drug-likeness (QED) is 0.462. The van der Waals surface area contributed by atoms with Crippen molar-refractivity contribution in [2.75, 3.05) is 5.75 Å². The molecule has 0 amide bonds. The Labute approximate surface area is 82.3 Å². The summed E-state index contributed by atoms with van der Waals surface area (Å²) in [6.07, 6.45) is 0. The third-order valence-electron chi connectivity index (χ3n) is 1.51. The van der Waals surface area contributed by atoms with E-state index in [1.807, 2.05) is 36.0 Å². The molecule has 0 aliphatic carbocycles. The molecule has 0 aliphatic rings. The molecule has 0 aromatic heterocycles. The first-order chi connectivity index (χ1) is 5.74. The van der Waals surface area contributed by atoms with E-state index in [-0.39, 0.29) is 5.50 Å². The van der Waals surface area contributed by atoms with E-state index in [2.05, 4.69) is 6.92 Å². The van der Waals surface area contributed by atoms with Gasteiger partial charge in [-0.25, -0.2) is 0 Å². The van der Waals surface area contributed by atoms with Crippen molar-refractivity contribution in [2.24, 2.45) is 5.73 Å². The zero-order valence-corrected chi connectivity index (χ0v) is 8.53. The first kappa shape index (κ1) is 9.90. The van der Waals surface area contributed by atoms with Crippen LogP contribution in [0.3, 0.4) is 0 Å². The molecule has 1 unspecified atom stereocenters. The van der Waals surface area contributed by atoms with Gasteiger partial charge in [0.1, 0.15) is 5.50 Å². The van der Waals surface area contributed by atoms with Gasteiger partial charge in [0.15, 0.2) is 0 Å². The van der Waals surface area contributed by atoms with Gasteiger partial charge in [0, 0.05) is 4.90 Å². The Kier molecular flexibility index (Phi) is 3.92. The van der Waals surface area contributed by atoms with Crippen molar-refractivity contribution in [3.63, 3.8) is 0 Å². The monoisotopic (exact) mass is 201 g/mol. The number of hydrogen-bond acceptors (Lipinski definition) is 2. The highest BCUT2D eigenvalue weighted by molar-refractivity contribution is 7.99. The van der Waals surface area contributed by atoms with E-state index < -0.39 is 0 Å². The van der Waals surface area contributed by atoms with Gasteiger partial charge in [0.05, 0.1) is 0 Å². The molecule has 12 heavy (non-hydrogen) atoms. The van der Waals surface area contributed by atoms with Gasteiger partial charge in [-0.05, 0) is 23.4 Å². The van der Waals surface area contributed by atoms with Crippen molar-refractivity contribution in [3.8, 4) is 0 Å². The molecule has 66 valence electrons. The molecule has 0 fully saturated rings. The van der Waals surface area contributed by atoms with E-state index in [9.17, 15) is 0 Å². The van der Waals surface area contributed by atoms with Gasteiger partial charge in [-0.2, -0.15) is 0 Å². The minimum Gasteiger partial charge on any atom is -0.312 e. The van der Waals surface area contributed by atoms with Crippen LogP contribution in [0.4, 0.5) is 0 Å². The highest BCUT2D eigenvalue weighted by Gasteiger charge is 1.99. The van der Waals surface area contributed by atoms with Crippen LogP contribution in [-0.2, 0) is 0 Å². The van der Waals surface area contributed by atoms with Crippen molar-refractivity contribution in [3.05, 3.63) is 29.8 Å². The summed E-state index contributed by atoms with van der Waals surface area (Å²) in [4.78, 5) is 1.26. The SMILES string of the molecule is CCSc1ccc(C(N)Cl)cc1. The van der Waals surface area contributed by atoms with Crippen molar-refractivity contribution in [1.29, 1.82) is 0 Å². The maximum Gasteiger partial charge on any atom is 0.106 e. The van der Waals surface area contributed by atoms with Gasteiger partial charge < -0.3 is 5.73 Å². The van der Waals surface area contributed by atoms with Crippen LogP contribution >= 0.6 is 23.4 Å². The summed E-state index contributed by atoms with van der Waals surface area (Å²) in [6, 6.07) is 8.03. The van der Waals surface area contributed by atoms with Crippen LogP contribution in [-0.4, -0.2) is 5.75 Å². The lowest BCUT2D eigenvalue weighted by Crippen LogP contribution is -2.01. The molecule has 0 spiro atoms. The second-order valence-electron chi connectivity index (χ2n) is 2.40. The van der Waals surface area contributed by atoms with Crippen molar-refractivity contribution >= 4 is 23.4 Å². The van der Waals surface area contributed by atoms with Crippen LogP contribution in [0.15, 0.2) is 29.2 Å². The second kappa shape index (κ2) is 4.75. The Hall–Kier alpha value is -0.180. The molecule has 2 N–H and O–H groups in total. The van der Waals surface area contributed by atoms with E-state index in [1.54, 1.807) is 0 Å². The maximum absolute atomic E-state index is 5.70. The molecule has 1 aromatic rings. The number of nitrogens with two attached hydrogens (primary N) is 1. The lowest BCUT2D eigenvalue weighted by atomic mass is 10.2. The van der Waals surface area contributed by atoms with E-state index in [0.717, 1.165) is 11.3 Å². The van der Waals surface area contributed by atoms with Gasteiger partial charge in [-0.1, -0.05) is 19.1 Å². The maximum atomic E-state index is 5.70. The summed E-state index contributed by atoms with van der Waals surface area (Å²) in [6.45, 7) is 2.13. The smallest absolute Gasteiger partial charge is 0.106 e. The van der Waals surface area contributed by atoms with Crippen molar-refractivity contribution < 1.29 is 0 Å². The van der Waals surface area contributed by atoms with E-state index in [1.165, 1.54) is 4.90 Å². The molecule has 0 bridgehead atoms. The molecule has 0 saturated carbocycles. The van der Waals surface area contributed by atoms with Gasteiger partial charge in [0.2, 0.25) is 0 Å². The third-order valence-corrected chi connectivity index (χ3v) is 2.66. The third kappa shape index (κ3) is 2.70. The standard InChI is InChI=1S/C9H12ClNS/c1-2-12-8-5-3-7(4-6-8)9(10)11/h3-6,9H,2,11H2,1H3. The first-order valence-corrected chi connectivity index (χ1v) is 5.28. The average Bonchev–Trinajstić information content (AvgIpc) is 2.06. The van der Waals surface area contributed by atoms with Gasteiger partial charge in [0.25, 0.3) is 0 Å². The zero-order valence-electron chi connectivity index (χ0n) is 6.96. The normalized spacial score (nSPS) is 12.9. The van der Waals surface area contributed by atoms with Crippen LogP contribution in [0.5, 0.6) is 0 Å². The molecule has 1 atom stereocenters. The second-order valence-corrected chi connectivity index (χ2v) is 4.21. The average molecular weight is 202 g/mol. The summed E-state index contributed by atoms with van der Waals surface area (Å²) in [5.74, 6) is 1.09. The summed E-state index contributed by atoms with van der Waals surface area (Å²) >= 11 is 7.52. The number of alkyl halides is 1. The molecule has 3 heteroatoms. The fraction of sp³-hybridized carbons (Fsp3) is 0.333. The molecule has 0 saturated heterocycles. The van der Waals surface area contributed by atoms with E-state index >= 15 is 0 Å². The fourth-order valence-corrected chi connectivity index (χ4v) is 1.72. The summed E-state index contributed by atoms with van der Waals surface area (Å²) < 4.78 is 0. The number of rotatable bonds is 3. The number of halogens is 1. The molecular weight excluding hydrogens is 190 g/mol. The predicted octanol–water partition coefficient (Wildman–Crippen LogP) is 2.99. The minimum absolute atomic E-state index is 0.384. The number of hydrogen-bond donors (Lipinski definition) is 1. The van der Waals surface area contributed by atoms with Crippen molar-refractivity contribution in [2.45, 2.75) is 17.3 Å². The summed E-state index contributed by atoms with van der Waals surface area (Å²) in [7, 11) is 0. The molecule has 1 aromatic carbocycles. The van der Waals surface area contributed by atoms with Crippen LogP contribution in [0, 0.1) is 0 Å². The van der Waals surface area contributed by atoms with Crippen LogP contribution in [0.1, 0.15) is 18.0 Å². The van der Waals surface area contributed by atoms with Gasteiger partial charge in [-0.3, -0.25) is 0 Å². The first-order valence-electron chi connectivity index (χ1n) is 3.86. The predicted molar refractivity (Wildman–Crippen MR) is 55.6 cm³/mol. The molecular formula is C9H12ClNS. The number of thioether (sulfide) groups is 1. The number of benzene rings is 1. The topological polar surface area (TPSA) is 26.0 Å². The van der Waals surface area contributed by atoms with Crippen LogP contribution in [0.2, 0.25) is 0 Å². The molecule has 0 radical (unpaired) electrons. The Bertz CT molecular complexity index is 233. The lowest BCUT2D eigenvalue weighted by Gasteiger charge is -2.03. The molecule has 1 nitrogen and oxygen atoms in total. The van der Waals surface area contributed by atoms with E-state index in [0.29, 0.717) is 0 Å². The van der Waals surface area contributed by atoms with Gasteiger partial charge in [-0.15, -0.1) is 23.4 Å². The lowest BCUT2D eigenvalue weighted by molar-refractivity contribution is 1.01. The van der Waals surface area contributed by atoms with Gasteiger partial charge >= 0.3 is 0 Å². The Balaban J connectivity index is 2.71.